The van der Waals surface area contributed by atoms with Crippen LogP contribution in [0.2, 0.25) is 0 Å². The normalized spacial score (nSPS) is 17.5. The van der Waals surface area contributed by atoms with Crippen LogP contribution in [-0.2, 0) is 9.53 Å². The fourth-order valence-corrected chi connectivity index (χ4v) is 2.87. The first-order chi connectivity index (χ1) is 9.27. The Morgan fingerprint density at radius 3 is 2.68 bits per heavy atom. The summed E-state index contributed by atoms with van der Waals surface area (Å²) in [4.78, 5) is 24.5. The van der Waals surface area contributed by atoms with Gasteiger partial charge in [0.2, 0.25) is 11.6 Å². The van der Waals surface area contributed by atoms with Gasteiger partial charge in [-0.1, -0.05) is 30.3 Å². The molecule has 1 heterocycles. The molecule has 0 aromatic heterocycles. The lowest BCUT2D eigenvalue weighted by Gasteiger charge is -2.17. The van der Waals surface area contributed by atoms with Crippen molar-refractivity contribution in [3.8, 4) is 0 Å². The van der Waals surface area contributed by atoms with Gasteiger partial charge in [-0.2, -0.15) is 0 Å². The summed E-state index contributed by atoms with van der Waals surface area (Å²) >= 11 is 0. The number of hydrogen-bond donors (Lipinski definition) is 0. The third kappa shape index (κ3) is 1.27. The predicted octanol–water partition coefficient (Wildman–Crippen LogP) is 2.74. The van der Waals surface area contributed by atoms with Crippen LogP contribution in [-0.4, -0.2) is 18.2 Å². The van der Waals surface area contributed by atoms with Crippen molar-refractivity contribution in [1.82, 2.24) is 0 Å². The molecule has 0 fully saturated rings. The molecule has 0 amide bonds. The summed E-state index contributed by atoms with van der Waals surface area (Å²) in [5, 5.41) is 1.78. The van der Waals surface area contributed by atoms with Gasteiger partial charge in [-0.15, -0.1) is 0 Å². The summed E-state index contributed by atoms with van der Waals surface area (Å²) < 4.78 is 5.56. The van der Waals surface area contributed by atoms with Crippen molar-refractivity contribution >= 4 is 28.1 Å². The maximum atomic E-state index is 12.3. The number of carbonyl (C=O) groups is 2. The Morgan fingerprint density at radius 1 is 0.947 bits per heavy atom. The number of ether oxygens (including phenoxy) is 1. The molecule has 2 aromatic rings. The Morgan fingerprint density at radius 2 is 1.79 bits per heavy atom. The molecule has 3 nitrogen and oxygen atoms in total. The molecule has 2 aromatic carbocycles. The van der Waals surface area contributed by atoms with Crippen LogP contribution in [0.15, 0.2) is 42.0 Å². The van der Waals surface area contributed by atoms with Crippen molar-refractivity contribution < 1.29 is 14.3 Å². The number of benzene rings is 2. The summed E-state index contributed by atoms with van der Waals surface area (Å²) in [6.45, 7) is 0.482. The minimum atomic E-state index is -0.406. The molecule has 0 atom stereocenters. The van der Waals surface area contributed by atoms with Crippen molar-refractivity contribution in [2.45, 2.75) is 6.42 Å². The largest absolute Gasteiger partial charge is 0.492 e. The van der Waals surface area contributed by atoms with E-state index in [1.807, 2.05) is 36.4 Å². The standard InChI is InChI=1S/C16H10O3/c17-14-12-7-8-19-16(12)11-6-5-9-3-1-2-4-10(9)13(11)15(14)18/h1-6H,7-8H2. The second kappa shape index (κ2) is 3.54. The van der Waals surface area contributed by atoms with Crippen LogP contribution < -0.4 is 0 Å². The van der Waals surface area contributed by atoms with Gasteiger partial charge in [0.25, 0.3) is 0 Å². The number of hydrogen-bond acceptors (Lipinski definition) is 3. The van der Waals surface area contributed by atoms with Crippen LogP contribution in [0.3, 0.4) is 0 Å². The highest BCUT2D eigenvalue weighted by atomic mass is 16.5. The molecule has 92 valence electrons. The maximum absolute atomic E-state index is 12.3. The zero-order valence-electron chi connectivity index (χ0n) is 10.1. The lowest BCUT2D eigenvalue weighted by atomic mass is 9.85. The van der Waals surface area contributed by atoms with Gasteiger partial charge in [0.1, 0.15) is 5.76 Å². The van der Waals surface area contributed by atoms with E-state index in [9.17, 15) is 9.59 Å². The summed E-state index contributed by atoms with van der Waals surface area (Å²) in [6, 6.07) is 11.4. The van der Waals surface area contributed by atoms with E-state index in [-0.39, 0.29) is 0 Å². The third-order valence-electron chi connectivity index (χ3n) is 3.75. The molecule has 0 saturated heterocycles. The monoisotopic (exact) mass is 250 g/mol. The fourth-order valence-electron chi connectivity index (χ4n) is 2.87. The fraction of sp³-hybridized carbons (Fsp3) is 0.125. The molecule has 0 spiro atoms. The van der Waals surface area contributed by atoms with E-state index in [0.717, 1.165) is 16.3 Å². The molecule has 19 heavy (non-hydrogen) atoms. The third-order valence-corrected chi connectivity index (χ3v) is 3.75. The zero-order valence-corrected chi connectivity index (χ0v) is 10.1. The highest BCUT2D eigenvalue weighted by Crippen LogP contribution is 2.38. The van der Waals surface area contributed by atoms with Gasteiger partial charge >= 0.3 is 0 Å². The van der Waals surface area contributed by atoms with Crippen LogP contribution in [0.1, 0.15) is 22.3 Å². The second-order valence-corrected chi connectivity index (χ2v) is 4.77. The van der Waals surface area contributed by atoms with Gasteiger partial charge in [0.15, 0.2) is 0 Å². The van der Waals surface area contributed by atoms with E-state index in [2.05, 4.69) is 0 Å². The van der Waals surface area contributed by atoms with Gasteiger partial charge in [0, 0.05) is 23.1 Å². The molecular weight excluding hydrogens is 240 g/mol. The Kier molecular flexibility index (Phi) is 1.96. The molecule has 1 aliphatic carbocycles. The molecule has 3 heteroatoms. The second-order valence-electron chi connectivity index (χ2n) is 4.77. The first-order valence-corrected chi connectivity index (χ1v) is 6.24. The number of ketones is 2. The van der Waals surface area contributed by atoms with Crippen LogP contribution in [0.4, 0.5) is 0 Å². The molecule has 4 rings (SSSR count). The van der Waals surface area contributed by atoms with Crippen molar-refractivity contribution in [3.05, 3.63) is 53.1 Å². The van der Waals surface area contributed by atoms with Crippen molar-refractivity contribution in [1.29, 1.82) is 0 Å². The van der Waals surface area contributed by atoms with Crippen molar-refractivity contribution in [2.24, 2.45) is 0 Å². The molecule has 0 unspecified atom stereocenters. The van der Waals surface area contributed by atoms with E-state index in [1.165, 1.54) is 0 Å². The van der Waals surface area contributed by atoms with Crippen molar-refractivity contribution in [3.63, 3.8) is 0 Å². The Labute approximate surface area is 109 Å². The minimum absolute atomic E-state index is 0.406. The summed E-state index contributed by atoms with van der Waals surface area (Å²) in [5.74, 6) is -0.210. The zero-order chi connectivity index (χ0) is 13.0. The van der Waals surface area contributed by atoms with E-state index in [0.29, 0.717) is 29.9 Å². The van der Waals surface area contributed by atoms with Crippen LogP contribution in [0, 0.1) is 0 Å². The maximum Gasteiger partial charge on any atom is 0.234 e. The Balaban J connectivity index is 2.14. The van der Waals surface area contributed by atoms with E-state index in [4.69, 9.17) is 4.74 Å². The van der Waals surface area contributed by atoms with Crippen LogP contribution >= 0.6 is 0 Å². The van der Waals surface area contributed by atoms with E-state index >= 15 is 0 Å². The van der Waals surface area contributed by atoms with Crippen LogP contribution in [0.25, 0.3) is 16.5 Å². The van der Waals surface area contributed by atoms with Crippen molar-refractivity contribution in [2.75, 3.05) is 6.61 Å². The Bertz CT molecular complexity index is 784. The number of carbonyl (C=O) groups excluding carboxylic acids is 2. The van der Waals surface area contributed by atoms with Gasteiger partial charge in [-0.05, 0) is 16.8 Å². The predicted molar refractivity (Wildman–Crippen MR) is 70.8 cm³/mol. The van der Waals surface area contributed by atoms with E-state index in [1.54, 1.807) is 0 Å². The summed E-state index contributed by atoms with van der Waals surface area (Å²) in [5.41, 5.74) is 1.78. The number of Topliss-reactive ketones (excluding diaryl/α,β-unsaturated/α-hetero) is 2. The number of rotatable bonds is 0. The number of fused-ring (bicyclic) bond motifs is 4. The topological polar surface area (TPSA) is 43.4 Å². The average Bonchev–Trinajstić information content (AvgIpc) is 2.93. The first kappa shape index (κ1) is 10.5. The highest BCUT2D eigenvalue weighted by molar-refractivity contribution is 6.54. The van der Waals surface area contributed by atoms with Gasteiger partial charge < -0.3 is 4.74 Å². The van der Waals surface area contributed by atoms with Gasteiger partial charge in [-0.25, -0.2) is 0 Å². The molecule has 1 aliphatic heterocycles. The average molecular weight is 250 g/mol. The van der Waals surface area contributed by atoms with Crippen LogP contribution in [0.5, 0.6) is 0 Å². The summed E-state index contributed by atoms with van der Waals surface area (Å²) in [7, 11) is 0. The smallest absolute Gasteiger partial charge is 0.234 e. The lowest BCUT2D eigenvalue weighted by molar-refractivity contribution is -0.111. The molecule has 0 bridgehead atoms. The molecule has 0 N–H and O–H groups in total. The Hall–Kier alpha value is -2.42. The first-order valence-electron chi connectivity index (χ1n) is 6.24. The van der Waals surface area contributed by atoms with E-state index < -0.39 is 11.6 Å². The van der Waals surface area contributed by atoms with Gasteiger partial charge in [-0.3, -0.25) is 9.59 Å². The molecule has 0 saturated carbocycles. The summed E-state index contributed by atoms with van der Waals surface area (Å²) in [6.07, 6.45) is 0.534. The quantitative estimate of drug-likeness (QED) is 0.675. The SMILES string of the molecule is O=C1C(=O)c2c(ccc3ccccc23)C2=C1CCO2. The molecule has 2 aliphatic rings. The molecular formula is C16H10O3. The van der Waals surface area contributed by atoms with Gasteiger partial charge in [0.05, 0.1) is 6.61 Å². The molecule has 0 radical (unpaired) electrons. The highest BCUT2D eigenvalue weighted by Gasteiger charge is 2.37. The lowest BCUT2D eigenvalue weighted by Crippen LogP contribution is -2.22. The minimum Gasteiger partial charge on any atom is -0.492 e.